The van der Waals surface area contributed by atoms with Crippen LogP contribution in [-0.4, -0.2) is 36.1 Å². The Hall–Kier alpha value is -2.92. The Morgan fingerprint density at radius 2 is 1.60 bits per heavy atom. The molecule has 0 bridgehead atoms. The molecule has 1 spiro atoms. The van der Waals surface area contributed by atoms with Crippen molar-refractivity contribution in [2.45, 2.75) is 57.5 Å². The number of ether oxygens (including phenoxy) is 1. The molecule has 5 nitrogen and oxygen atoms in total. The zero-order chi connectivity index (χ0) is 23.7. The fourth-order valence-electron chi connectivity index (χ4n) is 6.20. The minimum atomic E-state index is 0.162. The molecule has 0 radical (unpaired) electrons. The van der Waals surface area contributed by atoms with Gasteiger partial charge in [-0.3, -0.25) is 0 Å². The number of aryl methyl sites for hydroxylation is 1. The predicted molar refractivity (Wildman–Crippen MR) is 140 cm³/mol. The smallest absolute Gasteiger partial charge is 0.225 e. The maximum atomic E-state index is 6.13. The Bertz CT molecular complexity index is 1140. The summed E-state index contributed by atoms with van der Waals surface area (Å²) in [5.74, 6) is 1.73. The van der Waals surface area contributed by atoms with Crippen molar-refractivity contribution < 1.29 is 4.74 Å². The van der Waals surface area contributed by atoms with Gasteiger partial charge in [0.25, 0.3) is 0 Å². The molecule has 2 aromatic carbocycles. The molecule has 1 N–H and O–H groups in total. The van der Waals surface area contributed by atoms with Crippen molar-refractivity contribution >= 4 is 5.95 Å². The highest BCUT2D eigenvalue weighted by atomic mass is 16.5. The molecule has 182 valence electrons. The zero-order valence-corrected chi connectivity index (χ0v) is 20.8. The van der Waals surface area contributed by atoms with E-state index in [4.69, 9.17) is 9.72 Å². The largest absolute Gasteiger partial charge is 0.487 e. The lowest BCUT2D eigenvalue weighted by atomic mass is 9.60. The van der Waals surface area contributed by atoms with Crippen molar-refractivity contribution in [3.05, 3.63) is 83.2 Å². The van der Waals surface area contributed by atoms with Crippen LogP contribution < -0.4 is 15.0 Å². The molecule has 3 aliphatic rings. The summed E-state index contributed by atoms with van der Waals surface area (Å²) in [4.78, 5) is 11.7. The SMILES string of the molecule is Cc1ccc(C2(c3ccc(OCc4ccnc(N5CCC6(CCNC6)CC5)n4)cc3)CCC2)cc1. The maximum absolute atomic E-state index is 6.13. The number of nitrogens with one attached hydrogen (secondary N) is 1. The van der Waals surface area contributed by atoms with Gasteiger partial charge in [-0.2, -0.15) is 0 Å². The Labute approximate surface area is 208 Å². The van der Waals surface area contributed by atoms with E-state index in [1.165, 1.54) is 61.8 Å². The van der Waals surface area contributed by atoms with Gasteiger partial charge in [0.05, 0.1) is 5.69 Å². The Morgan fingerprint density at radius 3 is 2.23 bits per heavy atom. The average molecular weight is 469 g/mol. The summed E-state index contributed by atoms with van der Waals surface area (Å²) in [6.07, 6.45) is 9.34. The maximum Gasteiger partial charge on any atom is 0.225 e. The Balaban J connectivity index is 1.09. The predicted octanol–water partition coefficient (Wildman–Crippen LogP) is 5.41. The van der Waals surface area contributed by atoms with Crippen LogP contribution in [0.25, 0.3) is 0 Å². The number of rotatable bonds is 6. The summed E-state index contributed by atoms with van der Waals surface area (Å²) in [5.41, 5.74) is 5.73. The summed E-state index contributed by atoms with van der Waals surface area (Å²) in [6, 6.07) is 19.8. The van der Waals surface area contributed by atoms with E-state index in [0.29, 0.717) is 12.0 Å². The number of hydrogen-bond acceptors (Lipinski definition) is 5. The van der Waals surface area contributed by atoms with Crippen LogP contribution in [0.4, 0.5) is 5.95 Å². The topological polar surface area (TPSA) is 50.3 Å². The number of aromatic nitrogens is 2. The molecule has 0 atom stereocenters. The van der Waals surface area contributed by atoms with Crippen LogP contribution in [0.2, 0.25) is 0 Å². The van der Waals surface area contributed by atoms with Crippen molar-refractivity contribution in [1.29, 1.82) is 0 Å². The minimum absolute atomic E-state index is 0.162. The molecule has 6 rings (SSSR count). The summed E-state index contributed by atoms with van der Waals surface area (Å²) in [7, 11) is 0. The molecule has 35 heavy (non-hydrogen) atoms. The lowest BCUT2D eigenvalue weighted by Gasteiger charge is -2.43. The monoisotopic (exact) mass is 468 g/mol. The van der Waals surface area contributed by atoms with E-state index in [1.54, 1.807) is 0 Å². The average Bonchev–Trinajstić information content (AvgIpc) is 3.32. The number of piperidine rings is 1. The van der Waals surface area contributed by atoms with E-state index in [2.05, 4.69) is 70.7 Å². The van der Waals surface area contributed by atoms with E-state index < -0.39 is 0 Å². The van der Waals surface area contributed by atoms with E-state index in [1.807, 2.05) is 12.3 Å². The molecule has 2 saturated heterocycles. The first-order valence-corrected chi connectivity index (χ1v) is 13.2. The first kappa shape index (κ1) is 22.5. The molecule has 3 heterocycles. The normalized spacial score (nSPS) is 20.5. The van der Waals surface area contributed by atoms with Gasteiger partial charge in [-0.05, 0) is 80.3 Å². The first-order chi connectivity index (χ1) is 17.1. The minimum Gasteiger partial charge on any atom is -0.487 e. The van der Waals surface area contributed by atoms with Gasteiger partial charge in [-0.25, -0.2) is 9.97 Å². The third kappa shape index (κ3) is 4.42. The molecule has 0 amide bonds. The van der Waals surface area contributed by atoms with Crippen molar-refractivity contribution in [2.24, 2.45) is 5.41 Å². The van der Waals surface area contributed by atoms with E-state index in [0.717, 1.165) is 37.0 Å². The fraction of sp³-hybridized carbons (Fsp3) is 0.467. The van der Waals surface area contributed by atoms with Crippen LogP contribution in [-0.2, 0) is 12.0 Å². The van der Waals surface area contributed by atoms with Crippen LogP contribution in [0.1, 0.15) is 60.9 Å². The molecule has 1 aromatic heterocycles. The standard InChI is InChI=1S/C30H36N4O/c1-23-3-5-24(6-4-23)30(12-2-13-30)25-7-9-27(10-8-25)35-21-26-11-17-32-28(33-26)34-19-15-29(16-20-34)14-18-31-22-29/h3-11,17,31H,2,12-16,18-22H2,1H3. The van der Waals surface area contributed by atoms with Gasteiger partial charge >= 0.3 is 0 Å². The van der Waals surface area contributed by atoms with Crippen LogP contribution in [0.3, 0.4) is 0 Å². The molecular formula is C30H36N4O. The van der Waals surface area contributed by atoms with Gasteiger partial charge in [-0.15, -0.1) is 0 Å². The van der Waals surface area contributed by atoms with Gasteiger partial charge in [0.15, 0.2) is 0 Å². The van der Waals surface area contributed by atoms with Gasteiger partial charge in [0.2, 0.25) is 5.95 Å². The first-order valence-electron chi connectivity index (χ1n) is 13.2. The number of anilines is 1. The molecule has 1 saturated carbocycles. The second kappa shape index (κ2) is 9.27. The molecular weight excluding hydrogens is 432 g/mol. The fourth-order valence-corrected chi connectivity index (χ4v) is 6.20. The highest BCUT2D eigenvalue weighted by Crippen LogP contribution is 2.49. The highest BCUT2D eigenvalue weighted by molar-refractivity contribution is 5.44. The molecule has 2 aliphatic heterocycles. The van der Waals surface area contributed by atoms with Crippen LogP contribution in [0.5, 0.6) is 5.75 Å². The highest BCUT2D eigenvalue weighted by Gasteiger charge is 2.40. The lowest BCUT2D eigenvalue weighted by molar-refractivity contribution is 0.246. The summed E-state index contributed by atoms with van der Waals surface area (Å²) >= 11 is 0. The van der Waals surface area contributed by atoms with Crippen LogP contribution in [0, 0.1) is 12.3 Å². The zero-order valence-electron chi connectivity index (χ0n) is 20.8. The summed E-state index contributed by atoms with van der Waals surface area (Å²) in [5, 5.41) is 3.54. The second-order valence-electron chi connectivity index (χ2n) is 10.9. The summed E-state index contributed by atoms with van der Waals surface area (Å²) < 4.78 is 6.13. The van der Waals surface area contributed by atoms with Crippen LogP contribution >= 0.6 is 0 Å². The molecule has 0 unspecified atom stereocenters. The van der Waals surface area contributed by atoms with E-state index in [9.17, 15) is 0 Å². The summed E-state index contributed by atoms with van der Waals surface area (Å²) in [6.45, 7) is 7.02. The molecule has 1 aliphatic carbocycles. The van der Waals surface area contributed by atoms with E-state index in [-0.39, 0.29) is 5.41 Å². The van der Waals surface area contributed by atoms with Crippen molar-refractivity contribution in [2.75, 3.05) is 31.1 Å². The number of nitrogens with zero attached hydrogens (tertiary/aromatic N) is 3. The van der Waals surface area contributed by atoms with Gasteiger partial charge in [0, 0.05) is 31.2 Å². The third-order valence-corrected chi connectivity index (χ3v) is 8.74. The number of hydrogen-bond donors (Lipinski definition) is 1. The molecule has 3 aromatic rings. The Kier molecular flexibility index (Phi) is 5.97. The molecule has 5 heteroatoms. The number of benzene rings is 2. The van der Waals surface area contributed by atoms with Crippen molar-refractivity contribution in [3.8, 4) is 5.75 Å². The van der Waals surface area contributed by atoms with Crippen molar-refractivity contribution in [1.82, 2.24) is 15.3 Å². The third-order valence-electron chi connectivity index (χ3n) is 8.74. The van der Waals surface area contributed by atoms with Crippen LogP contribution in [0.15, 0.2) is 60.8 Å². The lowest BCUT2D eigenvalue weighted by Crippen LogP contribution is -2.42. The van der Waals surface area contributed by atoms with Crippen molar-refractivity contribution in [3.63, 3.8) is 0 Å². The van der Waals surface area contributed by atoms with Gasteiger partial charge in [-0.1, -0.05) is 48.4 Å². The Morgan fingerprint density at radius 1 is 0.886 bits per heavy atom. The second-order valence-corrected chi connectivity index (χ2v) is 10.9. The van der Waals surface area contributed by atoms with Gasteiger partial charge < -0.3 is 15.0 Å². The quantitative estimate of drug-likeness (QED) is 0.524. The van der Waals surface area contributed by atoms with Gasteiger partial charge in [0.1, 0.15) is 12.4 Å². The van der Waals surface area contributed by atoms with E-state index >= 15 is 0 Å². The molecule has 3 fully saturated rings.